The standard InChI is InChI=1S/C12H14BrN3/c13-12-4-1-3-10(7-12)11-8-15-16(9-11)6-2-5-14/h1,3-4,7-9H,2,5-6,14H2. The van der Waals surface area contributed by atoms with Gasteiger partial charge in [-0.3, -0.25) is 4.68 Å². The second kappa shape index (κ2) is 5.27. The Balaban J connectivity index is 2.18. The molecule has 1 heterocycles. The van der Waals surface area contributed by atoms with Gasteiger partial charge < -0.3 is 5.73 Å². The molecule has 2 N–H and O–H groups in total. The van der Waals surface area contributed by atoms with E-state index in [0.29, 0.717) is 6.54 Å². The maximum Gasteiger partial charge on any atom is 0.0568 e. The summed E-state index contributed by atoms with van der Waals surface area (Å²) < 4.78 is 3.02. The average molecular weight is 280 g/mol. The molecule has 0 aliphatic rings. The quantitative estimate of drug-likeness (QED) is 0.935. The highest BCUT2D eigenvalue weighted by Crippen LogP contribution is 2.22. The predicted octanol–water partition coefficient (Wildman–Crippen LogP) is 2.66. The van der Waals surface area contributed by atoms with Gasteiger partial charge in [0.05, 0.1) is 6.20 Å². The minimum absolute atomic E-state index is 0.700. The highest BCUT2D eigenvalue weighted by atomic mass is 79.9. The van der Waals surface area contributed by atoms with Crippen molar-refractivity contribution in [3.8, 4) is 11.1 Å². The van der Waals surface area contributed by atoms with E-state index in [1.54, 1.807) is 0 Å². The molecule has 2 aromatic rings. The summed E-state index contributed by atoms with van der Waals surface area (Å²) in [5.74, 6) is 0. The van der Waals surface area contributed by atoms with Gasteiger partial charge >= 0.3 is 0 Å². The molecule has 1 aromatic carbocycles. The molecule has 0 aliphatic heterocycles. The molecule has 84 valence electrons. The summed E-state index contributed by atoms with van der Waals surface area (Å²) >= 11 is 3.46. The second-order valence-electron chi connectivity index (χ2n) is 3.64. The fourth-order valence-electron chi connectivity index (χ4n) is 1.56. The van der Waals surface area contributed by atoms with Gasteiger partial charge in [0.2, 0.25) is 0 Å². The van der Waals surface area contributed by atoms with E-state index in [9.17, 15) is 0 Å². The molecule has 0 aliphatic carbocycles. The van der Waals surface area contributed by atoms with Crippen molar-refractivity contribution in [1.82, 2.24) is 9.78 Å². The zero-order chi connectivity index (χ0) is 11.4. The van der Waals surface area contributed by atoms with Crippen LogP contribution in [0.1, 0.15) is 6.42 Å². The van der Waals surface area contributed by atoms with Gasteiger partial charge in [0, 0.05) is 22.8 Å². The van der Waals surface area contributed by atoms with E-state index < -0.39 is 0 Å². The molecule has 1 aromatic heterocycles. The van der Waals surface area contributed by atoms with Crippen LogP contribution >= 0.6 is 15.9 Å². The van der Waals surface area contributed by atoms with Crippen LogP contribution in [0.5, 0.6) is 0 Å². The molecule has 16 heavy (non-hydrogen) atoms. The Morgan fingerprint density at radius 1 is 1.31 bits per heavy atom. The molecule has 0 bridgehead atoms. The minimum atomic E-state index is 0.700. The zero-order valence-corrected chi connectivity index (χ0v) is 10.5. The topological polar surface area (TPSA) is 43.8 Å². The van der Waals surface area contributed by atoms with Gasteiger partial charge in [0.1, 0.15) is 0 Å². The fraction of sp³-hybridized carbons (Fsp3) is 0.250. The molecule has 0 fully saturated rings. The highest BCUT2D eigenvalue weighted by molar-refractivity contribution is 9.10. The number of nitrogens with zero attached hydrogens (tertiary/aromatic N) is 2. The first-order chi connectivity index (χ1) is 7.79. The van der Waals surface area contributed by atoms with Gasteiger partial charge in [0.25, 0.3) is 0 Å². The largest absolute Gasteiger partial charge is 0.330 e. The third kappa shape index (κ3) is 2.71. The van der Waals surface area contributed by atoms with Crippen LogP contribution in [0.4, 0.5) is 0 Å². The van der Waals surface area contributed by atoms with Crippen molar-refractivity contribution in [2.75, 3.05) is 6.54 Å². The monoisotopic (exact) mass is 279 g/mol. The summed E-state index contributed by atoms with van der Waals surface area (Å²) in [7, 11) is 0. The second-order valence-corrected chi connectivity index (χ2v) is 4.56. The van der Waals surface area contributed by atoms with Gasteiger partial charge in [-0.15, -0.1) is 0 Å². The van der Waals surface area contributed by atoms with E-state index in [-0.39, 0.29) is 0 Å². The normalized spacial score (nSPS) is 10.6. The Morgan fingerprint density at radius 3 is 2.94 bits per heavy atom. The van der Waals surface area contributed by atoms with Gasteiger partial charge in [-0.25, -0.2) is 0 Å². The van der Waals surface area contributed by atoms with E-state index in [0.717, 1.165) is 23.0 Å². The lowest BCUT2D eigenvalue weighted by Crippen LogP contribution is -2.05. The first-order valence-electron chi connectivity index (χ1n) is 5.28. The Hall–Kier alpha value is -1.13. The Morgan fingerprint density at radius 2 is 2.19 bits per heavy atom. The lowest BCUT2D eigenvalue weighted by atomic mass is 10.1. The summed E-state index contributed by atoms with van der Waals surface area (Å²) in [6.07, 6.45) is 4.90. The van der Waals surface area contributed by atoms with Crippen LogP contribution in [0.15, 0.2) is 41.1 Å². The summed E-state index contributed by atoms with van der Waals surface area (Å²) in [4.78, 5) is 0. The molecular weight excluding hydrogens is 266 g/mol. The van der Waals surface area contributed by atoms with Crippen LogP contribution in [-0.4, -0.2) is 16.3 Å². The molecule has 0 spiro atoms. The van der Waals surface area contributed by atoms with Crippen molar-refractivity contribution in [3.05, 3.63) is 41.1 Å². The fourth-order valence-corrected chi connectivity index (χ4v) is 1.96. The van der Waals surface area contributed by atoms with Crippen LogP contribution in [0.25, 0.3) is 11.1 Å². The molecule has 0 atom stereocenters. The van der Waals surface area contributed by atoms with Crippen LogP contribution < -0.4 is 5.73 Å². The van der Waals surface area contributed by atoms with Crippen LogP contribution in [-0.2, 0) is 6.54 Å². The number of hydrogen-bond donors (Lipinski definition) is 1. The third-order valence-electron chi connectivity index (χ3n) is 2.38. The van der Waals surface area contributed by atoms with E-state index >= 15 is 0 Å². The molecule has 2 rings (SSSR count). The van der Waals surface area contributed by atoms with Gasteiger partial charge in [-0.2, -0.15) is 5.10 Å². The lowest BCUT2D eigenvalue weighted by molar-refractivity contribution is 0.585. The third-order valence-corrected chi connectivity index (χ3v) is 2.88. The van der Waals surface area contributed by atoms with Crippen molar-refractivity contribution in [2.45, 2.75) is 13.0 Å². The number of nitrogens with two attached hydrogens (primary N) is 1. The van der Waals surface area contributed by atoms with Crippen molar-refractivity contribution in [3.63, 3.8) is 0 Å². The maximum atomic E-state index is 5.47. The maximum absolute atomic E-state index is 5.47. The highest BCUT2D eigenvalue weighted by Gasteiger charge is 2.01. The lowest BCUT2D eigenvalue weighted by Gasteiger charge is -1.99. The molecule has 0 saturated heterocycles. The SMILES string of the molecule is NCCCn1cc(-c2cccc(Br)c2)cn1. The summed E-state index contributed by atoms with van der Waals surface area (Å²) in [6, 6.07) is 8.21. The predicted molar refractivity (Wildman–Crippen MR) is 69.0 cm³/mol. The first kappa shape index (κ1) is 11.4. The van der Waals surface area contributed by atoms with Gasteiger partial charge in [-0.1, -0.05) is 28.1 Å². The Bertz CT molecular complexity index is 465. The zero-order valence-electron chi connectivity index (χ0n) is 8.94. The molecule has 0 amide bonds. The summed E-state index contributed by atoms with van der Waals surface area (Å²) in [6.45, 7) is 1.58. The number of aromatic nitrogens is 2. The van der Waals surface area contributed by atoms with E-state index in [2.05, 4.69) is 39.4 Å². The van der Waals surface area contributed by atoms with Crippen molar-refractivity contribution in [2.24, 2.45) is 5.73 Å². The molecule has 0 radical (unpaired) electrons. The molecule has 0 saturated carbocycles. The van der Waals surface area contributed by atoms with Crippen LogP contribution in [0.3, 0.4) is 0 Å². The first-order valence-corrected chi connectivity index (χ1v) is 6.07. The summed E-state index contributed by atoms with van der Waals surface area (Å²) in [5.41, 5.74) is 7.78. The van der Waals surface area contributed by atoms with Crippen molar-refractivity contribution < 1.29 is 0 Å². The smallest absolute Gasteiger partial charge is 0.0568 e. The molecule has 3 nitrogen and oxygen atoms in total. The number of rotatable bonds is 4. The average Bonchev–Trinajstić information content (AvgIpc) is 2.75. The number of hydrogen-bond acceptors (Lipinski definition) is 2. The van der Waals surface area contributed by atoms with Gasteiger partial charge in [-0.05, 0) is 30.7 Å². The Labute approximate surface area is 103 Å². The molecule has 0 unspecified atom stereocenters. The van der Waals surface area contributed by atoms with Gasteiger partial charge in [0.15, 0.2) is 0 Å². The Kier molecular flexibility index (Phi) is 3.74. The van der Waals surface area contributed by atoms with Crippen molar-refractivity contribution in [1.29, 1.82) is 0 Å². The number of aryl methyl sites for hydroxylation is 1. The van der Waals surface area contributed by atoms with Crippen LogP contribution in [0, 0.1) is 0 Å². The van der Waals surface area contributed by atoms with E-state index in [4.69, 9.17) is 5.73 Å². The van der Waals surface area contributed by atoms with Crippen LogP contribution in [0.2, 0.25) is 0 Å². The van der Waals surface area contributed by atoms with Crippen molar-refractivity contribution >= 4 is 15.9 Å². The van der Waals surface area contributed by atoms with E-state index in [1.807, 2.05) is 23.0 Å². The number of benzene rings is 1. The molecular formula is C12H14BrN3. The molecule has 4 heteroatoms. The number of halogens is 1. The van der Waals surface area contributed by atoms with E-state index in [1.165, 1.54) is 5.56 Å². The minimum Gasteiger partial charge on any atom is -0.330 e. The summed E-state index contributed by atoms with van der Waals surface area (Å²) in [5, 5.41) is 4.31.